The number of halogens is 2. The molecule has 0 spiro atoms. The van der Waals surface area contributed by atoms with Crippen molar-refractivity contribution in [2.45, 2.75) is 18.1 Å². The Bertz CT molecular complexity index is 530. The Labute approximate surface area is 120 Å². The smallest absolute Gasteiger partial charge is 0.235 e. The second-order valence-corrected chi connectivity index (χ2v) is 7.47. The minimum absolute atomic E-state index is 0.332. The highest BCUT2D eigenvalue weighted by atomic mass is 79.9. The lowest BCUT2D eigenvalue weighted by molar-refractivity contribution is 0.499. The minimum atomic E-state index is -3.33. The normalized spacial score (nSPS) is 17.7. The van der Waals surface area contributed by atoms with Gasteiger partial charge in [-0.1, -0.05) is 11.6 Å². The summed E-state index contributed by atoms with van der Waals surface area (Å²) in [5.74, 6) is 0. The van der Waals surface area contributed by atoms with Crippen molar-refractivity contribution in [2.75, 3.05) is 17.8 Å². The van der Waals surface area contributed by atoms with Crippen molar-refractivity contribution in [3.63, 3.8) is 0 Å². The van der Waals surface area contributed by atoms with Gasteiger partial charge >= 0.3 is 0 Å². The zero-order valence-corrected chi connectivity index (χ0v) is 12.8. The molecule has 1 saturated heterocycles. The monoisotopic (exact) mass is 352 g/mol. The van der Waals surface area contributed by atoms with Crippen molar-refractivity contribution in [3.05, 3.63) is 27.7 Å². The lowest BCUT2D eigenvalue weighted by Crippen LogP contribution is -2.38. The maximum atomic E-state index is 12.2. The van der Waals surface area contributed by atoms with E-state index in [-0.39, 0.29) is 5.25 Å². The largest absolute Gasteiger partial charge is 0.317 e. The van der Waals surface area contributed by atoms with Gasteiger partial charge in [0.15, 0.2) is 0 Å². The zero-order chi connectivity index (χ0) is 13.2. The Morgan fingerprint density at radius 2 is 2.00 bits per heavy atom. The molecule has 1 aromatic rings. The predicted octanol–water partition coefficient (Wildman–Crippen LogP) is 2.60. The minimum Gasteiger partial charge on any atom is -0.317 e. The molecule has 1 fully saturated rings. The summed E-state index contributed by atoms with van der Waals surface area (Å²) in [6.45, 7) is 1.49. The number of sulfonamides is 1. The third-order valence-electron chi connectivity index (χ3n) is 2.91. The van der Waals surface area contributed by atoms with Crippen LogP contribution in [0.1, 0.15) is 12.8 Å². The summed E-state index contributed by atoms with van der Waals surface area (Å²) in [6, 6.07) is 4.99. The van der Waals surface area contributed by atoms with Gasteiger partial charge in [-0.25, -0.2) is 8.42 Å². The van der Waals surface area contributed by atoms with Gasteiger partial charge in [0.05, 0.1) is 10.9 Å². The van der Waals surface area contributed by atoms with Crippen LogP contribution in [0.25, 0.3) is 0 Å². The first-order valence-electron chi connectivity index (χ1n) is 5.66. The number of hydrogen-bond donors (Lipinski definition) is 2. The van der Waals surface area contributed by atoms with Crippen molar-refractivity contribution in [1.29, 1.82) is 0 Å². The molecule has 2 N–H and O–H groups in total. The third kappa shape index (κ3) is 3.38. The van der Waals surface area contributed by atoms with Gasteiger partial charge in [-0.3, -0.25) is 4.72 Å². The fourth-order valence-corrected chi connectivity index (χ4v) is 4.34. The van der Waals surface area contributed by atoms with Gasteiger partial charge in [-0.05, 0) is 60.1 Å². The molecule has 0 aliphatic carbocycles. The molecule has 18 heavy (non-hydrogen) atoms. The van der Waals surface area contributed by atoms with Gasteiger partial charge in [0.2, 0.25) is 10.0 Å². The van der Waals surface area contributed by atoms with Crippen LogP contribution in [0.5, 0.6) is 0 Å². The van der Waals surface area contributed by atoms with Crippen LogP contribution in [-0.4, -0.2) is 26.8 Å². The van der Waals surface area contributed by atoms with Crippen LogP contribution in [0.15, 0.2) is 22.7 Å². The Morgan fingerprint density at radius 3 is 2.61 bits per heavy atom. The first kappa shape index (κ1) is 14.1. The topological polar surface area (TPSA) is 58.2 Å². The van der Waals surface area contributed by atoms with E-state index in [1.807, 2.05) is 0 Å². The average Bonchev–Trinajstić information content (AvgIpc) is 2.34. The second kappa shape index (κ2) is 5.77. The zero-order valence-electron chi connectivity index (χ0n) is 9.62. The lowest BCUT2D eigenvalue weighted by Gasteiger charge is -2.23. The molecule has 1 aliphatic rings. The van der Waals surface area contributed by atoms with Crippen molar-refractivity contribution in [2.24, 2.45) is 0 Å². The van der Waals surface area contributed by atoms with Crippen LogP contribution >= 0.6 is 27.5 Å². The first-order chi connectivity index (χ1) is 8.49. The summed E-state index contributed by atoms with van der Waals surface area (Å²) in [5, 5.41) is 3.38. The highest BCUT2D eigenvalue weighted by molar-refractivity contribution is 9.10. The Balaban J connectivity index is 2.16. The number of nitrogens with one attached hydrogen (secondary N) is 2. The molecular formula is C11H14BrClN2O2S. The average molecular weight is 354 g/mol. The third-order valence-corrected chi connectivity index (χ3v) is 5.65. The quantitative estimate of drug-likeness (QED) is 0.878. The highest BCUT2D eigenvalue weighted by Crippen LogP contribution is 2.28. The molecule has 0 unspecified atom stereocenters. The van der Waals surface area contributed by atoms with E-state index in [1.165, 1.54) is 0 Å². The van der Waals surface area contributed by atoms with E-state index in [9.17, 15) is 8.42 Å². The van der Waals surface area contributed by atoms with Crippen molar-refractivity contribution < 1.29 is 8.42 Å². The van der Waals surface area contributed by atoms with Crippen LogP contribution in [0.3, 0.4) is 0 Å². The van der Waals surface area contributed by atoms with E-state index in [0.29, 0.717) is 28.0 Å². The molecule has 0 aromatic heterocycles. The molecule has 1 aromatic carbocycles. The fraction of sp³-hybridized carbons (Fsp3) is 0.455. The van der Waals surface area contributed by atoms with Gasteiger partial charge in [-0.15, -0.1) is 0 Å². The van der Waals surface area contributed by atoms with Crippen LogP contribution in [-0.2, 0) is 10.0 Å². The molecule has 100 valence electrons. The Hall–Kier alpha value is -0.300. The molecule has 2 rings (SSSR count). The lowest BCUT2D eigenvalue weighted by atomic mass is 10.2. The first-order valence-corrected chi connectivity index (χ1v) is 8.38. The molecule has 0 bridgehead atoms. The summed E-state index contributed by atoms with van der Waals surface area (Å²) in [6.07, 6.45) is 1.28. The number of piperidine rings is 1. The van der Waals surface area contributed by atoms with Crippen LogP contribution < -0.4 is 10.0 Å². The van der Waals surface area contributed by atoms with Gasteiger partial charge in [0.1, 0.15) is 0 Å². The molecule has 0 radical (unpaired) electrons. The van der Waals surface area contributed by atoms with E-state index in [4.69, 9.17) is 11.6 Å². The van der Waals surface area contributed by atoms with E-state index in [1.54, 1.807) is 18.2 Å². The van der Waals surface area contributed by atoms with E-state index >= 15 is 0 Å². The number of rotatable bonds is 3. The van der Waals surface area contributed by atoms with Gasteiger partial charge in [-0.2, -0.15) is 0 Å². The summed E-state index contributed by atoms with van der Waals surface area (Å²) >= 11 is 9.12. The fourth-order valence-electron chi connectivity index (χ4n) is 1.91. The molecular weight excluding hydrogens is 340 g/mol. The van der Waals surface area contributed by atoms with Gasteiger partial charge in [0.25, 0.3) is 0 Å². The summed E-state index contributed by atoms with van der Waals surface area (Å²) in [7, 11) is -3.33. The van der Waals surface area contributed by atoms with Gasteiger partial charge < -0.3 is 5.32 Å². The molecule has 4 nitrogen and oxygen atoms in total. The summed E-state index contributed by atoms with van der Waals surface area (Å²) < 4.78 is 27.7. The van der Waals surface area contributed by atoms with Crippen molar-refractivity contribution in [3.8, 4) is 0 Å². The van der Waals surface area contributed by atoms with Gasteiger partial charge in [0, 0.05) is 9.50 Å². The van der Waals surface area contributed by atoms with Crippen LogP contribution in [0, 0.1) is 0 Å². The Kier molecular flexibility index (Phi) is 4.53. The van der Waals surface area contributed by atoms with Crippen molar-refractivity contribution in [1.82, 2.24) is 5.32 Å². The molecule has 1 heterocycles. The van der Waals surface area contributed by atoms with Crippen molar-refractivity contribution >= 4 is 43.2 Å². The van der Waals surface area contributed by atoms with Crippen LogP contribution in [0.2, 0.25) is 5.02 Å². The SMILES string of the molecule is O=S(=O)(Nc1ccc(Cl)cc1Br)C1CCNCC1. The molecule has 0 amide bonds. The predicted molar refractivity (Wildman–Crippen MR) is 77.6 cm³/mol. The molecule has 1 aliphatic heterocycles. The number of anilines is 1. The summed E-state index contributed by atoms with van der Waals surface area (Å²) in [4.78, 5) is 0. The Morgan fingerprint density at radius 1 is 1.33 bits per heavy atom. The molecule has 7 heteroatoms. The van der Waals surface area contributed by atoms with Crippen LogP contribution in [0.4, 0.5) is 5.69 Å². The second-order valence-electron chi connectivity index (χ2n) is 4.22. The van der Waals surface area contributed by atoms with E-state index in [0.717, 1.165) is 13.1 Å². The molecule has 0 saturated carbocycles. The van der Waals surface area contributed by atoms with E-state index in [2.05, 4.69) is 26.0 Å². The molecule has 0 atom stereocenters. The number of hydrogen-bond acceptors (Lipinski definition) is 3. The highest BCUT2D eigenvalue weighted by Gasteiger charge is 2.27. The maximum absolute atomic E-state index is 12.2. The standard InChI is InChI=1S/C11H14BrClN2O2S/c12-10-7-8(13)1-2-11(10)15-18(16,17)9-3-5-14-6-4-9/h1-2,7,9,14-15H,3-6H2. The summed E-state index contributed by atoms with van der Waals surface area (Å²) in [5.41, 5.74) is 0.526. The maximum Gasteiger partial charge on any atom is 0.235 e. The van der Waals surface area contributed by atoms with E-state index < -0.39 is 10.0 Å². The number of benzene rings is 1.